The molecule has 20 heavy (non-hydrogen) atoms. The molecule has 0 aliphatic rings. The molecule has 0 N–H and O–H groups in total. The monoisotopic (exact) mass is 353 g/mol. The zero-order valence-electron chi connectivity index (χ0n) is 10.2. The fourth-order valence-corrected chi connectivity index (χ4v) is 2.64. The molecule has 0 radical (unpaired) electrons. The molecule has 102 valence electrons. The minimum Gasteiger partial charge on any atom is -0.294 e. The quantitative estimate of drug-likeness (QED) is 0.463. The standard InChI is InChI=1S/C14H9BrClNO3/c15-13-8-10(16)3-6-12(13)14(18)7-9-1-4-11(5-2-9)17(19)20/h1-6,8H,7H2. The van der Waals surface area contributed by atoms with Crippen molar-refractivity contribution in [3.8, 4) is 0 Å². The van der Waals surface area contributed by atoms with Crippen LogP contribution in [0.5, 0.6) is 0 Å². The fourth-order valence-electron chi connectivity index (χ4n) is 1.73. The molecule has 0 saturated carbocycles. The average Bonchev–Trinajstić information content (AvgIpc) is 2.39. The van der Waals surface area contributed by atoms with Crippen LogP contribution in [0.15, 0.2) is 46.9 Å². The largest absolute Gasteiger partial charge is 0.294 e. The van der Waals surface area contributed by atoms with E-state index in [2.05, 4.69) is 15.9 Å². The zero-order valence-corrected chi connectivity index (χ0v) is 12.5. The number of Topliss-reactive ketones (excluding diaryl/α,β-unsaturated/α-hetero) is 1. The average molecular weight is 355 g/mol. The molecule has 2 aromatic rings. The third-order valence-electron chi connectivity index (χ3n) is 2.74. The van der Waals surface area contributed by atoms with Gasteiger partial charge in [-0.25, -0.2) is 0 Å². The highest BCUT2D eigenvalue weighted by Gasteiger charge is 2.12. The molecule has 0 bridgehead atoms. The number of nitrogens with zero attached hydrogens (tertiary/aromatic N) is 1. The van der Waals surface area contributed by atoms with Crippen molar-refractivity contribution < 1.29 is 9.72 Å². The molecule has 0 aliphatic heterocycles. The van der Waals surface area contributed by atoms with Crippen molar-refractivity contribution >= 4 is 39.0 Å². The van der Waals surface area contributed by atoms with E-state index in [1.54, 1.807) is 30.3 Å². The lowest BCUT2D eigenvalue weighted by atomic mass is 10.0. The smallest absolute Gasteiger partial charge is 0.269 e. The van der Waals surface area contributed by atoms with Gasteiger partial charge in [-0.1, -0.05) is 23.7 Å². The molecule has 0 heterocycles. The van der Waals surface area contributed by atoms with Gasteiger partial charge in [0, 0.05) is 33.6 Å². The maximum atomic E-state index is 12.2. The Morgan fingerprint density at radius 2 is 1.85 bits per heavy atom. The van der Waals surface area contributed by atoms with Gasteiger partial charge in [-0.2, -0.15) is 0 Å². The number of halogens is 2. The van der Waals surface area contributed by atoms with Crippen LogP contribution in [0.2, 0.25) is 5.02 Å². The SMILES string of the molecule is O=C(Cc1ccc([N+](=O)[O-])cc1)c1ccc(Cl)cc1Br. The highest BCUT2D eigenvalue weighted by atomic mass is 79.9. The van der Waals surface area contributed by atoms with Crippen LogP contribution in [-0.4, -0.2) is 10.7 Å². The Morgan fingerprint density at radius 3 is 2.40 bits per heavy atom. The maximum absolute atomic E-state index is 12.2. The predicted octanol–water partition coefficient (Wildman–Crippen LogP) is 4.44. The van der Waals surface area contributed by atoms with Gasteiger partial charge >= 0.3 is 0 Å². The number of rotatable bonds is 4. The van der Waals surface area contributed by atoms with Gasteiger partial charge < -0.3 is 0 Å². The minimum absolute atomic E-state index is 0.00822. The lowest BCUT2D eigenvalue weighted by Gasteiger charge is -2.04. The lowest BCUT2D eigenvalue weighted by Crippen LogP contribution is -2.04. The molecule has 0 aliphatic carbocycles. The van der Waals surface area contributed by atoms with Crippen molar-refractivity contribution in [3.63, 3.8) is 0 Å². The van der Waals surface area contributed by atoms with Crippen molar-refractivity contribution in [1.82, 2.24) is 0 Å². The van der Waals surface area contributed by atoms with Crippen LogP contribution < -0.4 is 0 Å². The molecule has 2 rings (SSSR count). The first-order valence-electron chi connectivity index (χ1n) is 5.69. The molecule has 4 nitrogen and oxygen atoms in total. The molecule has 6 heteroatoms. The highest BCUT2D eigenvalue weighted by Crippen LogP contribution is 2.23. The van der Waals surface area contributed by atoms with Gasteiger partial charge in [-0.3, -0.25) is 14.9 Å². The Balaban J connectivity index is 2.17. The summed E-state index contributed by atoms with van der Waals surface area (Å²) in [5.41, 5.74) is 1.27. The predicted molar refractivity (Wildman–Crippen MR) is 80.3 cm³/mol. The highest BCUT2D eigenvalue weighted by molar-refractivity contribution is 9.10. The number of nitro benzene ring substituents is 1. The van der Waals surface area contributed by atoms with E-state index >= 15 is 0 Å². The van der Waals surface area contributed by atoms with Crippen molar-refractivity contribution in [3.05, 3.63) is 73.2 Å². The summed E-state index contributed by atoms with van der Waals surface area (Å²) in [5, 5.41) is 11.1. The van der Waals surface area contributed by atoms with Crippen LogP contribution in [0.3, 0.4) is 0 Å². The first kappa shape index (κ1) is 14.7. The second-order valence-electron chi connectivity index (χ2n) is 4.15. The number of ketones is 1. The Kier molecular flexibility index (Phi) is 4.52. The summed E-state index contributed by atoms with van der Waals surface area (Å²) in [6, 6.07) is 10.9. The molecule has 2 aromatic carbocycles. The van der Waals surface area contributed by atoms with Gasteiger partial charge in [0.05, 0.1) is 4.92 Å². The molecule has 0 unspecified atom stereocenters. The van der Waals surface area contributed by atoms with E-state index in [0.717, 1.165) is 5.56 Å². The van der Waals surface area contributed by atoms with Gasteiger partial charge in [-0.05, 0) is 39.7 Å². The number of benzene rings is 2. The molecule has 0 atom stereocenters. The zero-order chi connectivity index (χ0) is 14.7. The van der Waals surface area contributed by atoms with E-state index in [0.29, 0.717) is 15.1 Å². The van der Waals surface area contributed by atoms with Crippen molar-refractivity contribution in [1.29, 1.82) is 0 Å². The van der Waals surface area contributed by atoms with Crippen molar-refractivity contribution in [2.45, 2.75) is 6.42 Å². The third kappa shape index (κ3) is 3.43. The van der Waals surface area contributed by atoms with E-state index in [1.165, 1.54) is 12.1 Å². The minimum atomic E-state index is -0.471. The van der Waals surface area contributed by atoms with Gasteiger partial charge in [0.2, 0.25) is 0 Å². The normalized spacial score (nSPS) is 10.3. The summed E-state index contributed by atoms with van der Waals surface area (Å²) in [7, 11) is 0. The number of carbonyl (C=O) groups is 1. The number of hydrogen-bond donors (Lipinski definition) is 0. The molecule has 0 spiro atoms. The van der Waals surface area contributed by atoms with Gasteiger partial charge in [0.25, 0.3) is 5.69 Å². The van der Waals surface area contributed by atoms with Crippen molar-refractivity contribution in [2.24, 2.45) is 0 Å². The topological polar surface area (TPSA) is 60.2 Å². The van der Waals surface area contributed by atoms with Crippen LogP contribution in [0.1, 0.15) is 15.9 Å². The Morgan fingerprint density at radius 1 is 1.20 bits per heavy atom. The second-order valence-corrected chi connectivity index (χ2v) is 5.44. The van der Waals surface area contributed by atoms with E-state index in [1.807, 2.05) is 0 Å². The van der Waals surface area contributed by atoms with Crippen LogP contribution in [-0.2, 0) is 6.42 Å². The molecular formula is C14H9BrClNO3. The van der Waals surface area contributed by atoms with E-state index in [-0.39, 0.29) is 17.9 Å². The fraction of sp³-hybridized carbons (Fsp3) is 0.0714. The summed E-state index contributed by atoms with van der Waals surface area (Å²) >= 11 is 9.12. The first-order valence-corrected chi connectivity index (χ1v) is 6.86. The second kappa shape index (κ2) is 6.15. The van der Waals surface area contributed by atoms with Crippen LogP contribution in [0.4, 0.5) is 5.69 Å². The number of nitro groups is 1. The molecule has 0 amide bonds. The summed E-state index contributed by atoms with van der Waals surface area (Å²) in [4.78, 5) is 22.2. The molecule has 0 fully saturated rings. The number of hydrogen-bond acceptors (Lipinski definition) is 3. The van der Waals surface area contributed by atoms with Gasteiger partial charge in [0.15, 0.2) is 5.78 Å². The van der Waals surface area contributed by atoms with E-state index in [9.17, 15) is 14.9 Å². The Hall–Kier alpha value is -1.72. The molecule has 0 saturated heterocycles. The van der Waals surface area contributed by atoms with Crippen molar-refractivity contribution in [2.75, 3.05) is 0 Å². The van der Waals surface area contributed by atoms with Gasteiger partial charge in [0.1, 0.15) is 0 Å². The van der Waals surface area contributed by atoms with Gasteiger partial charge in [-0.15, -0.1) is 0 Å². The first-order chi connectivity index (χ1) is 9.47. The summed E-state index contributed by atoms with van der Waals surface area (Å²) in [6.45, 7) is 0. The van der Waals surface area contributed by atoms with Crippen LogP contribution in [0.25, 0.3) is 0 Å². The van der Waals surface area contributed by atoms with E-state index < -0.39 is 4.92 Å². The summed E-state index contributed by atoms with van der Waals surface area (Å²) in [5.74, 6) is -0.0811. The van der Waals surface area contributed by atoms with E-state index in [4.69, 9.17) is 11.6 Å². The number of non-ortho nitro benzene ring substituents is 1. The third-order valence-corrected chi connectivity index (χ3v) is 3.63. The molecule has 0 aromatic heterocycles. The van der Waals surface area contributed by atoms with Crippen LogP contribution >= 0.6 is 27.5 Å². The lowest BCUT2D eigenvalue weighted by molar-refractivity contribution is -0.384. The summed E-state index contributed by atoms with van der Waals surface area (Å²) < 4.78 is 0.636. The number of carbonyl (C=O) groups excluding carboxylic acids is 1. The Bertz CT molecular complexity index is 671. The maximum Gasteiger partial charge on any atom is 0.269 e. The Labute approximate surface area is 128 Å². The van der Waals surface area contributed by atoms with Crippen LogP contribution in [0, 0.1) is 10.1 Å². The summed E-state index contributed by atoms with van der Waals surface area (Å²) in [6.07, 6.45) is 0.179. The molecular weight excluding hydrogens is 346 g/mol.